The van der Waals surface area contributed by atoms with Crippen molar-refractivity contribution in [3.8, 4) is 11.3 Å². The second-order valence-corrected chi connectivity index (χ2v) is 4.55. The molecule has 0 amide bonds. The first-order valence-electron chi connectivity index (χ1n) is 6.03. The van der Waals surface area contributed by atoms with E-state index < -0.39 is 0 Å². The van der Waals surface area contributed by atoms with E-state index in [1.165, 1.54) is 6.07 Å². The molecule has 18 heavy (non-hydrogen) atoms. The van der Waals surface area contributed by atoms with Gasteiger partial charge in [0.25, 0.3) is 0 Å². The van der Waals surface area contributed by atoms with Crippen LogP contribution < -0.4 is 5.73 Å². The van der Waals surface area contributed by atoms with Crippen molar-refractivity contribution in [3.63, 3.8) is 0 Å². The SMILES string of the molecule is Cc1cc(-c2nn(C)c(CCN)c2C)ccc1F. The Morgan fingerprint density at radius 2 is 2.06 bits per heavy atom. The number of hydrogen-bond donors (Lipinski definition) is 1. The largest absolute Gasteiger partial charge is 0.330 e. The third-order valence-electron chi connectivity index (χ3n) is 3.24. The van der Waals surface area contributed by atoms with Crippen LogP contribution in [0.4, 0.5) is 4.39 Å². The van der Waals surface area contributed by atoms with E-state index in [1.807, 2.05) is 24.7 Å². The van der Waals surface area contributed by atoms with E-state index in [-0.39, 0.29) is 5.82 Å². The fraction of sp³-hybridized carbons (Fsp3) is 0.357. The second kappa shape index (κ2) is 4.90. The minimum absolute atomic E-state index is 0.186. The third-order valence-corrected chi connectivity index (χ3v) is 3.24. The van der Waals surface area contributed by atoms with Gasteiger partial charge in [0, 0.05) is 24.7 Å². The number of nitrogens with zero attached hydrogens (tertiary/aromatic N) is 2. The van der Waals surface area contributed by atoms with Gasteiger partial charge >= 0.3 is 0 Å². The van der Waals surface area contributed by atoms with Crippen molar-refractivity contribution in [3.05, 3.63) is 40.8 Å². The minimum atomic E-state index is -0.186. The number of aromatic nitrogens is 2. The Morgan fingerprint density at radius 3 is 2.67 bits per heavy atom. The highest BCUT2D eigenvalue weighted by Crippen LogP contribution is 2.26. The van der Waals surface area contributed by atoms with Gasteiger partial charge in [0.1, 0.15) is 5.82 Å². The van der Waals surface area contributed by atoms with E-state index in [9.17, 15) is 4.39 Å². The molecule has 4 heteroatoms. The van der Waals surface area contributed by atoms with Crippen LogP contribution in [0.1, 0.15) is 16.8 Å². The molecule has 96 valence electrons. The van der Waals surface area contributed by atoms with Crippen molar-refractivity contribution >= 4 is 0 Å². The Bertz CT molecular complexity index is 573. The van der Waals surface area contributed by atoms with Crippen molar-refractivity contribution < 1.29 is 4.39 Å². The maximum absolute atomic E-state index is 13.3. The summed E-state index contributed by atoms with van der Waals surface area (Å²) in [5, 5.41) is 4.51. The first-order chi connectivity index (χ1) is 8.54. The summed E-state index contributed by atoms with van der Waals surface area (Å²) in [5.41, 5.74) is 10.3. The number of nitrogens with two attached hydrogens (primary N) is 1. The maximum Gasteiger partial charge on any atom is 0.126 e. The summed E-state index contributed by atoms with van der Waals surface area (Å²) < 4.78 is 15.1. The van der Waals surface area contributed by atoms with Crippen LogP contribution in [0.15, 0.2) is 18.2 Å². The van der Waals surface area contributed by atoms with Gasteiger partial charge in [0.05, 0.1) is 5.69 Å². The number of rotatable bonds is 3. The van der Waals surface area contributed by atoms with Crippen LogP contribution in [0, 0.1) is 19.7 Å². The molecule has 0 radical (unpaired) electrons. The van der Waals surface area contributed by atoms with Crippen LogP contribution in [0.5, 0.6) is 0 Å². The van der Waals surface area contributed by atoms with E-state index in [0.29, 0.717) is 12.1 Å². The summed E-state index contributed by atoms with van der Waals surface area (Å²) >= 11 is 0. The summed E-state index contributed by atoms with van der Waals surface area (Å²) in [4.78, 5) is 0. The summed E-state index contributed by atoms with van der Waals surface area (Å²) in [7, 11) is 1.91. The Balaban J connectivity index is 2.50. The lowest BCUT2D eigenvalue weighted by molar-refractivity contribution is 0.618. The minimum Gasteiger partial charge on any atom is -0.330 e. The van der Waals surface area contributed by atoms with E-state index in [2.05, 4.69) is 5.10 Å². The molecule has 3 nitrogen and oxygen atoms in total. The first kappa shape index (κ1) is 12.8. The summed E-state index contributed by atoms with van der Waals surface area (Å²) in [6.07, 6.45) is 0.801. The molecule has 1 aromatic heterocycles. The molecule has 1 aromatic carbocycles. The molecule has 0 aliphatic heterocycles. The van der Waals surface area contributed by atoms with E-state index in [1.54, 1.807) is 13.0 Å². The smallest absolute Gasteiger partial charge is 0.126 e. The van der Waals surface area contributed by atoms with Crippen molar-refractivity contribution in [2.45, 2.75) is 20.3 Å². The molecule has 0 bridgehead atoms. The van der Waals surface area contributed by atoms with E-state index >= 15 is 0 Å². The zero-order valence-corrected chi connectivity index (χ0v) is 11.0. The Hall–Kier alpha value is -1.68. The van der Waals surface area contributed by atoms with Crippen molar-refractivity contribution in [1.82, 2.24) is 9.78 Å². The van der Waals surface area contributed by atoms with Gasteiger partial charge in [-0.25, -0.2) is 4.39 Å². The summed E-state index contributed by atoms with van der Waals surface area (Å²) in [5.74, 6) is -0.186. The summed E-state index contributed by atoms with van der Waals surface area (Å²) in [6, 6.07) is 5.09. The Kier molecular flexibility index (Phi) is 3.48. The molecule has 0 unspecified atom stereocenters. The molecule has 0 saturated heterocycles. The third kappa shape index (κ3) is 2.16. The zero-order valence-electron chi connectivity index (χ0n) is 11.0. The standard InChI is InChI=1S/C14H18FN3/c1-9-8-11(4-5-12(9)15)14-10(2)13(6-7-16)18(3)17-14/h4-5,8H,6-7,16H2,1-3H3. The van der Waals surface area contributed by atoms with Crippen molar-refractivity contribution in [2.75, 3.05) is 6.54 Å². The molecule has 0 aliphatic carbocycles. The molecule has 2 rings (SSSR count). The van der Waals surface area contributed by atoms with Crippen LogP contribution in [-0.4, -0.2) is 16.3 Å². The number of aryl methyl sites for hydroxylation is 2. The highest BCUT2D eigenvalue weighted by atomic mass is 19.1. The average molecular weight is 247 g/mol. The molecule has 0 saturated carbocycles. The van der Waals surface area contributed by atoms with Gasteiger partial charge in [-0.2, -0.15) is 5.10 Å². The number of benzene rings is 1. The lowest BCUT2D eigenvalue weighted by Gasteiger charge is -2.02. The van der Waals surface area contributed by atoms with E-state index in [4.69, 9.17) is 5.73 Å². The molecule has 1 heterocycles. The van der Waals surface area contributed by atoms with Gasteiger partial charge in [-0.15, -0.1) is 0 Å². The number of hydrogen-bond acceptors (Lipinski definition) is 2. The average Bonchev–Trinajstić information content (AvgIpc) is 2.61. The predicted octanol–water partition coefficient (Wildman–Crippen LogP) is 2.34. The quantitative estimate of drug-likeness (QED) is 0.904. The van der Waals surface area contributed by atoms with E-state index in [0.717, 1.165) is 28.9 Å². The molecule has 2 N–H and O–H groups in total. The molecule has 0 spiro atoms. The fourth-order valence-electron chi connectivity index (χ4n) is 2.22. The highest BCUT2D eigenvalue weighted by Gasteiger charge is 2.13. The second-order valence-electron chi connectivity index (χ2n) is 4.55. The molecule has 0 fully saturated rings. The van der Waals surface area contributed by atoms with Gasteiger partial charge < -0.3 is 5.73 Å². The number of halogens is 1. The molecule has 2 aromatic rings. The monoisotopic (exact) mass is 247 g/mol. The Labute approximate surface area is 106 Å². The van der Waals surface area contributed by atoms with Gasteiger partial charge in [-0.1, -0.05) is 0 Å². The van der Waals surface area contributed by atoms with Gasteiger partial charge in [0.15, 0.2) is 0 Å². The normalized spacial score (nSPS) is 10.9. The molecular weight excluding hydrogens is 229 g/mol. The van der Waals surface area contributed by atoms with Crippen LogP contribution in [0.3, 0.4) is 0 Å². The van der Waals surface area contributed by atoms with Gasteiger partial charge in [-0.05, 0) is 49.7 Å². The topological polar surface area (TPSA) is 43.8 Å². The molecule has 0 atom stereocenters. The summed E-state index contributed by atoms with van der Waals surface area (Å²) in [6.45, 7) is 4.40. The zero-order chi connectivity index (χ0) is 13.3. The van der Waals surface area contributed by atoms with Crippen LogP contribution >= 0.6 is 0 Å². The maximum atomic E-state index is 13.3. The lowest BCUT2D eigenvalue weighted by atomic mass is 10.0. The lowest BCUT2D eigenvalue weighted by Crippen LogP contribution is -2.08. The predicted molar refractivity (Wildman–Crippen MR) is 70.8 cm³/mol. The van der Waals surface area contributed by atoms with Crippen LogP contribution in [-0.2, 0) is 13.5 Å². The van der Waals surface area contributed by atoms with Crippen LogP contribution in [0.2, 0.25) is 0 Å². The first-order valence-corrected chi connectivity index (χ1v) is 6.03. The fourth-order valence-corrected chi connectivity index (χ4v) is 2.22. The van der Waals surface area contributed by atoms with Crippen molar-refractivity contribution in [1.29, 1.82) is 0 Å². The van der Waals surface area contributed by atoms with Crippen molar-refractivity contribution in [2.24, 2.45) is 12.8 Å². The molecule has 0 aliphatic rings. The van der Waals surface area contributed by atoms with Gasteiger partial charge in [-0.3, -0.25) is 4.68 Å². The van der Waals surface area contributed by atoms with Crippen LogP contribution in [0.25, 0.3) is 11.3 Å². The highest BCUT2D eigenvalue weighted by molar-refractivity contribution is 5.64. The molecular formula is C14H18FN3. The van der Waals surface area contributed by atoms with Gasteiger partial charge in [0.2, 0.25) is 0 Å². The Morgan fingerprint density at radius 1 is 1.33 bits per heavy atom.